The molecule has 0 aliphatic rings. The molecule has 3 N–H and O–H groups in total. The third-order valence-electron chi connectivity index (χ3n) is 4.72. The average molecular weight is 372 g/mol. The summed E-state index contributed by atoms with van der Waals surface area (Å²) < 4.78 is 1.31. The van der Waals surface area contributed by atoms with E-state index in [0.717, 1.165) is 24.8 Å². The maximum Gasteiger partial charge on any atom is 0.330 e. The number of H-pyrrole nitrogens is 1. The second-order valence-electron chi connectivity index (χ2n) is 6.62. The van der Waals surface area contributed by atoms with Crippen LogP contribution in [0.1, 0.15) is 44.2 Å². The highest BCUT2D eigenvalue weighted by atomic mass is 16.2. The van der Waals surface area contributed by atoms with Crippen LogP contribution in [0, 0.1) is 0 Å². The van der Waals surface area contributed by atoms with Crippen molar-refractivity contribution in [3.05, 3.63) is 56.2 Å². The number of nitrogen functional groups attached to an aromatic ring is 1. The molecule has 7 heteroatoms. The summed E-state index contributed by atoms with van der Waals surface area (Å²) in [6.07, 6.45) is 3.42. The van der Waals surface area contributed by atoms with E-state index >= 15 is 0 Å². The van der Waals surface area contributed by atoms with Crippen LogP contribution < -0.4 is 21.9 Å². The minimum atomic E-state index is -0.645. The maximum atomic E-state index is 12.6. The van der Waals surface area contributed by atoms with Crippen LogP contribution in [0.5, 0.6) is 0 Å². The Kier molecular flexibility index (Phi) is 6.98. The number of hydrogen-bond acceptors (Lipinski definition) is 4. The van der Waals surface area contributed by atoms with Gasteiger partial charge in [0.1, 0.15) is 5.82 Å². The van der Waals surface area contributed by atoms with Gasteiger partial charge in [0.15, 0.2) is 5.69 Å². The molecular weight excluding hydrogens is 344 g/mol. The van der Waals surface area contributed by atoms with Crippen molar-refractivity contribution >= 4 is 17.4 Å². The number of nitrogens with one attached hydrogen (secondary N) is 1. The molecule has 1 amide bonds. The molecule has 0 fully saturated rings. The van der Waals surface area contributed by atoms with E-state index in [0.29, 0.717) is 13.0 Å². The lowest BCUT2D eigenvalue weighted by Gasteiger charge is -2.20. The number of aryl methyl sites for hydroxylation is 2. The van der Waals surface area contributed by atoms with Gasteiger partial charge in [-0.25, -0.2) is 4.79 Å². The molecule has 2 aromatic rings. The lowest BCUT2D eigenvalue weighted by molar-refractivity contribution is -0.118. The van der Waals surface area contributed by atoms with Crippen LogP contribution in [0.4, 0.5) is 11.5 Å². The molecule has 2 rings (SSSR count). The summed E-state index contributed by atoms with van der Waals surface area (Å²) in [6.45, 7) is 4.49. The first kappa shape index (κ1) is 20.5. The summed E-state index contributed by atoms with van der Waals surface area (Å²) in [5.74, 6) is -0.201. The maximum absolute atomic E-state index is 12.6. The summed E-state index contributed by atoms with van der Waals surface area (Å²) in [4.78, 5) is 40.3. The summed E-state index contributed by atoms with van der Waals surface area (Å²) in [7, 11) is 1.51. The molecule has 0 spiro atoms. The molecular formula is C20H28N4O3. The third kappa shape index (κ3) is 4.87. The number of aromatic nitrogens is 2. The largest absolute Gasteiger partial charge is 0.383 e. The van der Waals surface area contributed by atoms with Crippen molar-refractivity contribution in [3.8, 4) is 0 Å². The highest BCUT2D eigenvalue weighted by Crippen LogP contribution is 2.17. The zero-order valence-corrected chi connectivity index (χ0v) is 16.2. The van der Waals surface area contributed by atoms with Crippen LogP contribution >= 0.6 is 0 Å². The van der Waals surface area contributed by atoms with E-state index < -0.39 is 11.2 Å². The molecule has 0 aliphatic carbocycles. The number of unbranched alkanes of at least 4 members (excludes halogenated alkanes) is 1. The molecule has 0 aliphatic heterocycles. The third-order valence-corrected chi connectivity index (χ3v) is 4.72. The first-order chi connectivity index (χ1) is 12.9. The summed E-state index contributed by atoms with van der Waals surface area (Å²) in [5.41, 5.74) is 7.19. The Bertz CT molecular complexity index is 897. The van der Waals surface area contributed by atoms with Gasteiger partial charge >= 0.3 is 5.69 Å². The van der Waals surface area contributed by atoms with Crippen molar-refractivity contribution in [1.82, 2.24) is 9.55 Å². The Morgan fingerprint density at radius 2 is 1.78 bits per heavy atom. The molecule has 0 unspecified atom stereocenters. The number of aromatic amines is 1. The second kappa shape index (κ2) is 9.21. The summed E-state index contributed by atoms with van der Waals surface area (Å²) in [5, 5.41) is 0. The van der Waals surface area contributed by atoms with Gasteiger partial charge in [-0.2, -0.15) is 0 Å². The van der Waals surface area contributed by atoms with Gasteiger partial charge in [0.05, 0.1) is 0 Å². The molecule has 1 heterocycles. The van der Waals surface area contributed by atoms with Crippen molar-refractivity contribution < 1.29 is 4.79 Å². The van der Waals surface area contributed by atoms with Gasteiger partial charge in [-0.1, -0.05) is 44.5 Å². The average Bonchev–Trinajstić information content (AvgIpc) is 2.66. The Labute approximate surface area is 158 Å². The molecule has 0 saturated heterocycles. The van der Waals surface area contributed by atoms with Gasteiger partial charge in [0, 0.05) is 20.0 Å². The monoisotopic (exact) mass is 372 g/mol. The van der Waals surface area contributed by atoms with Crippen LogP contribution in [0.2, 0.25) is 0 Å². The van der Waals surface area contributed by atoms with Gasteiger partial charge in [-0.3, -0.25) is 19.1 Å². The Balaban J connectivity index is 2.17. The number of rotatable bonds is 8. The van der Waals surface area contributed by atoms with E-state index in [4.69, 9.17) is 5.73 Å². The van der Waals surface area contributed by atoms with Crippen molar-refractivity contribution in [1.29, 1.82) is 0 Å². The number of anilines is 2. The smallest absolute Gasteiger partial charge is 0.330 e. The molecule has 7 nitrogen and oxygen atoms in total. The zero-order chi connectivity index (χ0) is 20.0. The molecule has 146 valence electrons. The van der Waals surface area contributed by atoms with Crippen LogP contribution in [0.3, 0.4) is 0 Å². The number of nitrogens with two attached hydrogens (primary N) is 1. The van der Waals surface area contributed by atoms with Gasteiger partial charge < -0.3 is 10.6 Å². The van der Waals surface area contributed by atoms with Crippen molar-refractivity contribution in [2.75, 3.05) is 17.7 Å². The summed E-state index contributed by atoms with van der Waals surface area (Å²) >= 11 is 0. The van der Waals surface area contributed by atoms with E-state index in [9.17, 15) is 14.4 Å². The molecule has 1 aromatic heterocycles. The molecule has 0 atom stereocenters. The molecule has 0 saturated carbocycles. The molecule has 0 radical (unpaired) electrons. The number of hydrogen-bond donors (Lipinski definition) is 2. The first-order valence-corrected chi connectivity index (χ1v) is 9.36. The summed E-state index contributed by atoms with van der Waals surface area (Å²) in [6, 6.07) is 8.13. The Morgan fingerprint density at radius 3 is 2.37 bits per heavy atom. The number of carbonyl (C=O) groups is 1. The fourth-order valence-electron chi connectivity index (χ4n) is 2.93. The standard InChI is InChI=1S/C20H28N4O3/c1-4-6-13-24-18(21)17(19(26)22-20(24)27)23(3)16(25)12-11-15-9-7-14(5-2)8-10-15/h7-10H,4-6,11-13,21H2,1-3H3,(H,22,26,27). The van der Waals surface area contributed by atoms with Gasteiger partial charge in [-0.05, 0) is 30.4 Å². The molecule has 0 bridgehead atoms. The topological polar surface area (TPSA) is 101 Å². The van der Waals surface area contributed by atoms with Crippen LogP contribution in [0.15, 0.2) is 33.9 Å². The minimum Gasteiger partial charge on any atom is -0.383 e. The quantitative estimate of drug-likeness (QED) is 0.741. The zero-order valence-electron chi connectivity index (χ0n) is 16.2. The SMILES string of the molecule is CCCCn1c(N)c(N(C)C(=O)CCc2ccc(CC)cc2)c(=O)[nH]c1=O. The van der Waals surface area contributed by atoms with E-state index in [-0.39, 0.29) is 23.8 Å². The molecule has 1 aromatic carbocycles. The number of carbonyl (C=O) groups excluding carboxylic acids is 1. The highest BCUT2D eigenvalue weighted by molar-refractivity contribution is 5.95. The second-order valence-corrected chi connectivity index (χ2v) is 6.62. The van der Waals surface area contributed by atoms with Crippen LogP contribution in [0.25, 0.3) is 0 Å². The first-order valence-electron chi connectivity index (χ1n) is 9.36. The number of benzene rings is 1. The minimum absolute atomic E-state index is 0.0250. The van der Waals surface area contributed by atoms with Crippen LogP contribution in [-0.4, -0.2) is 22.5 Å². The predicted octanol–water partition coefficient (Wildman–Crippen LogP) is 2.08. The van der Waals surface area contributed by atoms with Crippen LogP contribution in [-0.2, 0) is 24.2 Å². The van der Waals surface area contributed by atoms with Gasteiger partial charge in [0.2, 0.25) is 5.91 Å². The van der Waals surface area contributed by atoms with E-state index in [1.165, 1.54) is 22.1 Å². The van der Waals surface area contributed by atoms with E-state index in [2.05, 4.69) is 24.0 Å². The van der Waals surface area contributed by atoms with Gasteiger partial charge in [-0.15, -0.1) is 0 Å². The number of amides is 1. The fraction of sp³-hybridized carbons (Fsp3) is 0.450. The van der Waals surface area contributed by atoms with E-state index in [1.54, 1.807) is 0 Å². The van der Waals surface area contributed by atoms with Crippen molar-refractivity contribution in [2.24, 2.45) is 0 Å². The lowest BCUT2D eigenvalue weighted by Crippen LogP contribution is -2.39. The fourth-order valence-corrected chi connectivity index (χ4v) is 2.93. The van der Waals surface area contributed by atoms with E-state index in [1.807, 2.05) is 19.1 Å². The molecule has 27 heavy (non-hydrogen) atoms. The Hall–Kier alpha value is -2.83. The highest BCUT2D eigenvalue weighted by Gasteiger charge is 2.20. The predicted molar refractivity (Wildman–Crippen MR) is 108 cm³/mol. The normalized spacial score (nSPS) is 10.8. The number of nitrogens with zero attached hydrogens (tertiary/aromatic N) is 2. The van der Waals surface area contributed by atoms with Crippen molar-refractivity contribution in [3.63, 3.8) is 0 Å². The Morgan fingerprint density at radius 1 is 1.15 bits per heavy atom. The lowest BCUT2D eigenvalue weighted by atomic mass is 10.1. The van der Waals surface area contributed by atoms with Crippen molar-refractivity contribution in [2.45, 2.75) is 52.5 Å². The van der Waals surface area contributed by atoms with Gasteiger partial charge in [0.25, 0.3) is 5.56 Å².